The van der Waals surface area contributed by atoms with Crippen molar-refractivity contribution in [1.29, 1.82) is 0 Å². The summed E-state index contributed by atoms with van der Waals surface area (Å²) in [6.07, 6.45) is 1.92. The molecule has 0 N–H and O–H groups in total. The molecule has 1 fully saturated rings. The average Bonchev–Trinajstić information content (AvgIpc) is 2.54. The molecule has 1 unspecified atom stereocenters. The molecule has 1 aliphatic heterocycles. The predicted molar refractivity (Wildman–Crippen MR) is 80.9 cm³/mol. The highest BCUT2D eigenvalue weighted by Crippen LogP contribution is 2.25. The third kappa shape index (κ3) is 3.51. The maximum absolute atomic E-state index is 12.7. The minimum atomic E-state index is -0.731. The number of benzene rings is 1. The number of hydrogen-bond donors (Lipinski definition) is 0. The summed E-state index contributed by atoms with van der Waals surface area (Å²) in [4.78, 5) is 26.9. The molecule has 0 saturated carbocycles. The number of rotatable bonds is 3. The van der Waals surface area contributed by atoms with Gasteiger partial charge in [0, 0.05) is 11.4 Å². The maximum atomic E-state index is 12.7. The first-order chi connectivity index (χ1) is 10.1. The number of morpholine rings is 1. The molecule has 7 heteroatoms. The Hall–Kier alpha value is -1.24. The number of amides is 1. The van der Waals surface area contributed by atoms with Crippen molar-refractivity contribution in [2.45, 2.75) is 10.9 Å². The van der Waals surface area contributed by atoms with Gasteiger partial charge < -0.3 is 14.4 Å². The topological polar surface area (TPSA) is 55.8 Å². The largest absolute Gasteiger partial charge is 0.467 e. The number of ether oxygens (including phenoxy) is 2. The maximum Gasteiger partial charge on any atom is 0.331 e. The Balaban J connectivity index is 2.30. The second-order valence-electron chi connectivity index (χ2n) is 4.46. The van der Waals surface area contributed by atoms with E-state index in [1.54, 1.807) is 12.1 Å². The van der Waals surface area contributed by atoms with Gasteiger partial charge in [0.25, 0.3) is 5.91 Å². The number of carbonyl (C=O) groups is 2. The van der Waals surface area contributed by atoms with E-state index in [0.717, 1.165) is 4.90 Å². The zero-order valence-corrected chi connectivity index (χ0v) is 13.4. The molecule has 1 amide bonds. The van der Waals surface area contributed by atoms with Gasteiger partial charge in [0.05, 0.1) is 30.9 Å². The molecule has 1 saturated heterocycles. The molecule has 2 rings (SSSR count). The Kier molecular flexibility index (Phi) is 5.50. The fraction of sp³-hybridized carbons (Fsp3) is 0.429. The monoisotopic (exact) mass is 329 g/mol. The Morgan fingerprint density at radius 3 is 2.90 bits per heavy atom. The van der Waals surface area contributed by atoms with Crippen LogP contribution in [0.3, 0.4) is 0 Å². The number of hydrogen-bond acceptors (Lipinski definition) is 5. The van der Waals surface area contributed by atoms with Crippen molar-refractivity contribution in [3.63, 3.8) is 0 Å². The van der Waals surface area contributed by atoms with Gasteiger partial charge in [-0.2, -0.15) is 0 Å². The molecular weight excluding hydrogens is 314 g/mol. The second-order valence-corrected chi connectivity index (χ2v) is 5.75. The molecule has 21 heavy (non-hydrogen) atoms. The molecule has 0 aliphatic carbocycles. The summed E-state index contributed by atoms with van der Waals surface area (Å²) in [5, 5.41) is 0.368. The lowest BCUT2D eigenvalue weighted by Crippen LogP contribution is -2.53. The Morgan fingerprint density at radius 2 is 2.24 bits per heavy atom. The fourth-order valence-corrected chi connectivity index (χ4v) is 2.77. The molecule has 1 aromatic carbocycles. The van der Waals surface area contributed by atoms with Crippen LogP contribution >= 0.6 is 23.4 Å². The van der Waals surface area contributed by atoms with Crippen molar-refractivity contribution in [3.8, 4) is 0 Å². The van der Waals surface area contributed by atoms with Gasteiger partial charge in [-0.05, 0) is 24.5 Å². The van der Waals surface area contributed by atoms with E-state index >= 15 is 0 Å². The number of methoxy groups -OCH3 is 1. The standard InChI is InChI=1S/C14H16ClNO4S/c1-19-14(18)12-8-20-6-5-16(12)13(17)10-7-9(21-2)3-4-11(10)15/h3-4,7,12H,5-6,8H2,1-2H3. The van der Waals surface area contributed by atoms with E-state index in [1.165, 1.54) is 23.8 Å². The Labute approximate surface area is 132 Å². The summed E-state index contributed by atoms with van der Waals surface area (Å²) in [7, 11) is 1.29. The van der Waals surface area contributed by atoms with Gasteiger partial charge in [0.15, 0.2) is 6.04 Å². The predicted octanol–water partition coefficient (Wildman–Crippen LogP) is 2.08. The van der Waals surface area contributed by atoms with Crippen LogP contribution in [-0.2, 0) is 14.3 Å². The summed E-state index contributed by atoms with van der Waals surface area (Å²) in [5.74, 6) is -0.769. The summed E-state index contributed by atoms with van der Waals surface area (Å²) in [6.45, 7) is 0.857. The van der Waals surface area contributed by atoms with Crippen LogP contribution < -0.4 is 0 Å². The van der Waals surface area contributed by atoms with Gasteiger partial charge in [-0.3, -0.25) is 4.79 Å². The quantitative estimate of drug-likeness (QED) is 0.627. The first-order valence-electron chi connectivity index (χ1n) is 6.38. The summed E-state index contributed by atoms with van der Waals surface area (Å²) >= 11 is 7.65. The summed E-state index contributed by atoms with van der Waals surface area (Å²) < 4.78 is 10.00. The molecule has 0 aromatic heterocycles. The molecule has 1 aliphatic rings. The van der Waals surface area contributed by atoms with Crippen LogP contribution in [-0.4, -0.2) is 55.9 Å². The van der Waals surface area contributed by atoms with E-state index in [2.05, 4.69) is 0 Å². The number of halogens is 1. The van der Waals surface area contributed by atoms with Gasteiger partial charge in [0.1, 0.15) is 0 Å². The van der Waals surface area contributed by atoms with Crippen LogP contribution in [0.25, 0.3) is 0 Å². The van der Waals surface area contributed by atoms with Gasteiger partial charge >= 0.3 is 5.97 Å². The van der Waals surface area contributed by atoms with Gasteiger partial charge in [-0.15, -0.1) is 11.8 Å². The molecule has 5 nitrogen and oxygen atoms in total. The van der Waals surface area contributed by atoms with E-state index in [9.17, 15) is 9.59 Å². The molecule has 114 valence electrons. The molecular formula is C14H16ClNO4S. The highest BCUT2D eigenvalue weighted by molar-refractivity contribution is 7.98. The normalized spacial score (nSPS) is 18.4. The Morgan fingerprint density at radius 1 is 1.48 bits per heavy atom. The smallest absolute Gasteiger partial charge is 0.331 e. The van der Waals surface area contributed by atoms with Crippen molar-refractivity contribution in [2.24, 2.45) is 0 Å². The van der Waals surface area contributed by atoms with E-state index < -0.39 is 12.0 Å². The highest BCUT2D eigenvalue weighted by atomic mass is 35.5. The minimum Gasteiger partial charge on any atom is -0.467 e. The molecule has 1 aromatic rings. The molecule has 0 bridgehead atoms. The van der Waals surface area contributed by atoms with Crippen LogP contribution in [0.15, 0.2) is 23.1 Å². The van der Waals surface area contributed by atoms with Crippen molar-refractivity contribution >= 4 is 35.2 Å². The molecule has 1 heterocycles. The van der Waals surface area contributed by atoms with Crippen LogP contribution in [0.4, 0.5) is 0 Å². The Bertz CT molecular complexity index is 552. The van der Waals surface area contributed by atoms with E-state index in [-0.39, 0.29) is 12.5 Å². The molecule has 0 radical (unpaired) electrons. The first kappa shape index (κ1) is 16.1. The third-order valence-electron chi connectivity index (χ3n) is 3.27. The van der Waals surface area contributed by atoms with Crippen LogP contribution in [0.5, 0.6) is 0 Å². The zero-order valence-electron chi connectivity index (χ0n) is 11.8. The molecule has 0 spiro atoms. The third-order valence-corrected chi connectivity index (χ3v) is 4.32. The zero-order chi connectivity index (χ0) is 15.4. The minimum absolute atomic E-state index is 0.137. The van der Waals surface area contributed by atoms with Gasteiger partial charge in [-0.1, -0.05) is 11.6 Å². The average molecular weight is 330 g/mol. The number of nitrogens with zero attached hydrogens (tertiary/aromatic N) is 1. The number of esters is 1. The summed E-state index contributed by atoms with van der Waals surface area (Å²) in [6, 6.07) is 4.54. The van der Waals surface area contributed by atoms with Crippen LogP contribution in [0.1, 0.15) is 10.4 Å². The van der Waals surface area contributed by atoms with Crippen LogP contribution in [0.2, 0.25) is 5.02 Å². The molecule has 1 atom stereocenters. The van der Waals surface area contributed by atoms with E-state index in [0.29, 0.717) is 23.7 Å². The van der Waals surface area contributed by atoms with E-state index in [1.807, 2.05) is 12.3 Å². The fourth-order valence-electron chi connectivity index (χ4n) is 2.13. The van der Waals surface area contributed by atoms with Gasteiger partial charge in [-0.25, -0.2) is 4.79 Å². The van der Waals surface area contributed by atoms with Crippen molar-refractivity contribution in [2.75, 3.05) is 33.1 Å². The summed E-state index contributed by atoms with van der Waals surface area (Å²) in [5.41, 5.74) is 0.388. The van der Waals surface area contributed by atoms with E-state index in [4.69, 9.17) is 21.1 Å². The lowest BCUT2D eigenvalue weighted by Gasteiger charge is -2.33. The highest BCUT2D eigenvalue weighted by Gasteiger charge is 2.34. The first-order valence-corrected chi connectivity index (χ1v) is 7.99. The van der Waals surface area contributed by atoms with Crippen molar-refractivity contribution < 1.29 is 19.1 Å². The van der Waals surface area contributed by atoms with Gasteiger partial charge in [0.2, 0.25) is 0 Å². The van der Waals surface area contributed by atoms with Crippen molar-refractivity contribution in [3.05, 3.63) is 28.8 Å². The number of thioether (sulfide) groups is 1. The lowest BCUT2D eigenvalue weighted by atomic mass is 10.1. The SMILES string of the molecule is COC(=O)C1COCCN1C(=O)c1cc(SC)ccc1Cl. The van der Waals surface area contributed by atoms with Crippen molar-refractivity contribution in [1.82, 2.24) is 4.90 Å². The lowest BCUT2D eigenvalue weighted by molar-refractivity contribution is -0.151. The number of carbonyl (C=O) groups excluding carboxylic acids is 2. The second kappa shape index (κ2) is 7.15. The van der Waals surface area contributed by atoms with Crippen LogP contribution in [0, 0.1) is 0 Å².